The molecule has 9 heteroatoms. The standard InChI is InChI=1S/C22H15F2N3O3S.C2H6/c23-17-5-4-13(8-18(17)24)12-29-16-3-1-2-15(10-16)26-22(31)27-21(28)20-9-14-11-25-7-6-19(14)30-20;1-2/h1-11H,12H2,(H2,26,27,28,31);1-2H3. The highest BCUT2D eigenvalue weighted by atomic mass is 32.1. The van der Waals surface area contributed by atoms with Crippen molar-refractivity contribution >= 4 is 39.9 Å². The lowest BCUT2D eigenvalue weighted by molar-refractivity contribution is 0.0953. The number of halogens is 2. The predicted octanol–water partition coefficient (Wildman–Crippen LogP) is 5.84. The molecule has 1 amide bonds. The monoisotopic (exact) mass is 469 g/mol. The molecule has 0 atom stereocenters. The molecular formula is C24H21F2N3O3S. The van der Waals surface area contributed by atoms with E-state index in [1.807, 2.05) is 13.8 Å². The van der Waals surface area contributed by atoms with Crippen molar-refractivity contribution < 1.29 is 22.7 Å². The van der Waals surface area contributed by atoms with Gasteiger partial charge in [0.2, 0.25) is 0 Å². The number of nitrogens with one attached hydrogen (secondary N) is 2. The van der Waals surface area contributed by atoms with Crippen LogP contribution in [0.1, 0.15) is 30.0 Å². The van der Waals surface area contributed by atoms with Crippen LogP contribution in [0.4, 0.5) is 14.5 Å². The molecule has 0 aliphatic heterocycles. The number of ether oxygens (including phenoxy) is 1. The van der Waals surface area contributed by atoms with E-state index in [0.29, 0.717) is 28.0 Å². The molecule has 2 aromatic heterocycles. The molecule has 0 saturated carbocycles. The van der Waals surface area contributed by atoms with Crippen LogP contribution in [0.3, 0.4) is 0 Å². The molecule has 0 aliphatic rings. The molecule has 2 aromatic carbocycles. The van der Waals surface area contributed by atoms with E-state index >= 15 is 0 Å². The number of rotatable bonds is 5. The minimum atomic E-state index is -0.932. The summed E-state index contributed by atoms with van der Waals surface area (Å²) >= 11 is 5.19. The summed E-state index contributed by atoms with van der Waals surface area (Å²) in [5, 5.41) is 6.21. The van der Waals surface area contributed by atoms with Crippen LogP contribution >= 0.6 is 12.2 Å². The number of hydrogen-bond donors (Lipinski definition) is 2. The number of carbonyl (C=O) groups is 1. The zero-order valence-corrected chi connectivity index (χ0v) is 18.7. The Kier molecular flexibility index (Phi) is 8.04. The first-order valence-corrected chi connectivity index (χ1v) is 10.5. The highest BCUT2D eigenvalue weighted by Crippen LogP contribution is 2.20. The number of thiocarbonyl (C=S) groups is 1. The molecule has 6 nitrogen and oxygen atoms in total. The van der Waals surface area contributed by atoms with Crippen LogP contribution in [0.15, 0.2) is 71.4 Å². The number of hydrogen-bond acceptors (Lipinski definition) is 5. The third-order valence-corrected chi connectivity index (χ3v) is 4.45. The Morgan fingerprint density at radius 3 is 2.67 bits per heavy atom. The summed E-state index contributed by atoms with van der Waals surface area (Å²) in [5.41, 5.74) is 1.60. The van der Waals surface area contributed by atoms with E-state index < -0.39 is 17.5 Å². The van der Waals surface area contributed by atoms with Crippen molar-refractivity contribution in [3.8, 4) is 5.75 Å². The van der Waals surface area contributed by atoms with E-state index in [1.165, 1.54) is 6.07 Å². The van der Waals surface area contributed by atoms with E-state index in [9.17, 15) is 13.6 Å². The second kappa shape index (κ2) is 11.1. The van der Waals surface area contributed by atoms with E-state index in [2.05, 4.69) is 15.6 Å². The summed E-state index contributed by atoms with van der Waals surface area (Å²) in [6.07, 6.45) is 3.17. The lowest BCUT2D eigenvalue weighted by Gasteiger charge is -2.11. The molecule has 170 valence electrons. The number of furan rings is 1. The Balaban J connectivity index is 0.00000149. The molecule has 0 radical (unpaired) electrons. The molecule has 0 saturated heterocycles. The van der Waals surface area contributed by atoms with Crippen molar-refractivity contribution in [3.05, 3.63) is 89.9 Å². The van der Waals surface area contributed by atoms with Gasteiger partial charge in [0.05, 0.1) is 0 Å². The molecule has 0 aliphatic carbocycles. The molecule has 33 heavy (non-hydrogen) atoms. The maximum Gasteiger partial charge on any atom is 0.293 e. The summed E-state index contributed by atoms with van der Waals surface area (Å²) in [6.45, 7) is 4.06. The number of fused-ring (bicyclic) bond motifs is 1. The molecule has 2 heterocycles. The number of nitrogens with zero attached hydrogens (tertiary/aromatic N) is 1. The summed E-state index contributed by atoms with van der Waals surface area (Å²) in [5.74, 6) is -1.76. The van der Waals surface area contributed by atoms with Gasteiger partial charge in [0.15, 0.2) is 22.5 Å². The quantitative estimate of drug-likeness (QED) is 0.358. The zero-order chi connectivity index (χ0) is 23.8. The van der Waals surface area contributed by atoms with Crippen LogP contribution in [-0.4, -0.2) is 16.0 Å². The average molecular weight is 470 g/mol. The summed E-state index contributed by atoms with van der Waals surface area (Å²) in [6, 6.07) is 13.6. The number of pyridine rings is 1. The Labute approximate surface area is 194 Å². The third-order valence-electron chi connectivity index (χ3n) is 4.25. The van der Waals surface area contributed by atoms with Gasteiger partial charge in [0.1, 0.15) is 17.9 Å². The van der Waals surface area contributed by atoms with Crippen LogP contribution in [0.2, 0.25) is 0 Å². The fourth-order valence-corrected chi connectivity index (χ4v) is 2.99. The smallest absolute Gasteiger partial charge is 0.293 e. The highest BCUT2D eigenvalue weighted by molar-refractivity contribution is 7.80. The average Bonchev–Trinajstić information content (AvgIpc) is 3.26. The van der Waals surface area contributed by atoms with Crippen LogP contribution in [0.5, 0.6) is 5.75 Å². The Bertz CT molecular complexity index is 1240. The van der Waals surface area contributed by atoms with Crippen molar-refractivity contribution in [1.82, 2.24) is 10.3 Å². The minimum absolute atomic E-state index is 0.0583. The Morgan fingerprint density at radius 2 is 1.91 bits per heavy atom. The third kappa shape index (κ3) is 6.33. The van der Waals surface area contributed by atoms with Crippen molar-refractivity contribution in [2.45, 2.75) is 20.5 Å². The first-order valence-electron chi connectivity index (χ1n) is 10.1. The van der Waals surface area contributed by atoms with Gasteiger partial charge in [0, 0.05) is 29.5 Å². The largest absolute Gasteiger partial charge is 0.489 e. The van der Waals surface area contributed by atoms with Crippen LogP contribution < -0.4 is 15.4 Å². The molecule has 4 aromatic rings. The van der Waals surface area contributed by atoms with Gasteiger partial charge in [-0.25, -0.2) is 8.78 Å². The molecule has 0 bridgehead atoms. The van der Waals surface area contributed by atoms with Gasteiger partial charge in [-0.3, -0.25) is 15.1 Å². The summed E-state index contributed by atoms with van der Waals surface area (Å²) < 4.78 is 37.4. The SMILES string of the molecule is CC.O=C(NC(=S)Nc1cccc(OCc2ccc(F)c(F)c2)c1)c1cc2cnccc2o1. The highest BCUT2D eigenvalue weighted by Gasteiger charge is 2.14. The maximum absolute atomic E-state index is 13.3. The Morgan fingerprint density at radius 1 is 1.09 bits per heavy atom. The van der Waals surface area contributed by atoms with Crippen LogP contribution in [-0.2, 0) is 6.61 Å². The summed E-state index contributed by atoms with van der Waals surface area (Å²) in [7, 11) is 0. The topological polar surface area (TPSA) is 76.4 Å². The second-order valence-corrected chi connectivity index (χ2v) is 6.91. The van der Waals surface area contributed by atoms with Gasteiger partial charge in [0.25, 0.3) is 5.91 Å². The van der Waals surface area contributed by atoms with Crippen molar-refractivity contribution in [3.63, 3.8) is 0 Å². The molecule has 2 N–H and O–H groups in total. The van der Waals surface area contributed by atoms with Crippen molar-refractivity contribution in [2.75, 3.05) is 5.32 Å². The van der Waals surface area contributed by atoms with E-state index in [1.54, 1.807) is 48.8 Å². The number of anilines is 1. The van der Waals surface area contributed by atoms with Gasteiger partial charge in [-0.1, -0.05) is 26.0 Å². The van der Waals surface area contributed by atoms with Gasteiger partial charge < -0.3 is 14.5 Å². The lowest BCUT2D eigenvalue weighted by Crippen LogP contribution is -2.33. The number of benzene rings is 2. The number of aromatic nitrogens is 1. The number of carbonyl (C=O) groups excluding carboxylic acids is 1. The van der Waals surface area contributed by atoms with Crippen LogP contribution in [0, 0.1) is 11.6 Å². The fourth-order valence-electron chi connectivity index (χ4n) is 2.78. The van der Waals surface area contributed by atoms with E-state index in [4.69, 9.17) is 21.4 Å². The van der Waals surface area contributed by atoms with Crippen molar-refractivity contribution in [2.24, 2.45) is 0 Å². The maximum atomic E-state index is 13.3. The van der Waals surface area contributed by atoms with Crippen molar-refractivity contribution in [1.29, 1.82) is 0 Å². The zero-order valence-electron chi connectivity index (χ0n) is 17.9. The molecule has 0 spiro atoms. The van der Waals surface area contributed by atoms with Gasteiger partial charge in [-0.05, 0) is 54.2 Å². The second-order valence-electron chi connectivity index (χ2n) is 6.50. The number of amides is 1. The van der Waals surface area contributed by atoms with Crippen LogP contribution in [0.25, 0.3) is 11.0 Å². The first-order chi connectivity index (χ1) is 16.0. The summed E-state index contributed by atoms with van der Waals surface area (Å²) in [4.78, 5) is 16.3. The Hall–Kier alpha value is -3.85. The van der Waals surface area contributed by atoms with Gasteiger partial charge in [-0.2, -0.15) is 0 Å². The molecular weight excluding hydrogens is 448 g/mol. The van der Waals surface area contributed by atoms with E-state index in [-0.39, 0.29) is 17.5 Å². The minimum Gasteiger partial charge on any atom is -0.489 e. The fraction of sp³-hybridized carbons (Fsp3) is 0.125. The van der Waals surface area contributed by atoms with Gasteiger partial charge in [-0.15, -0.1) is 0 Å². The molecule has 4 rings (SSSR count). The lowest BCUT2D eigenvalue weighted by atomic mass is 10.2. The normalized spacial score (nSPS) is 10.2. The van der Waals surface area contributed by atoms with Gasteiger partial charge >= 0.3 is 0 Å². The molecule has 0 unspecified atom stereocenters. The van der Waals surface area contributed by atoms with E-state index in [0.717, 1.165) is 12.1 Å². The predicted molar refractivity (Wildman–Crippen MR) is 126 cm³/mol. The molecule has 0 fully saturated rings. The first kappa shape index (κ1) is 23.8.